The molecule has 4 nitrogen and oxygen atoms in total. The first-order chi connectivity index (χ1) is 8.93. The zero-order valence-electron chi connectivity index (χ0n) is 10.2. The van der Waals surface area contributed by atoms with Crippen molar-refractivity contribution < 1.29 is 0 Å². The van der Waals surface area contributed by atoms with Crippen LogP contribution in [0.25, 0.3) is 0 Å². The number of anilines is 1. The van der Waals surface area contributed by atoms with E-state index in [1.54, 1.807) is 12.5 Å². The average molecular weight is 240 g/mol. The fourth-order valence-corrected chi connectivity index (χ4v) is 2.34. The van der Waals surface area contributed by atoms with E-state index in [0.717, 1.165) is 25.5 Å². The Hall–Kier alpha value is -1.94. The molecule has 1 aromatic heterocycles. The van der Waals surface area contributed by atoms with Gasteiger partial charge < -0.3 is 10.2 Å². The van der Waals surface area contributed by atoms with Crippen LogP contribution >= 0.6 is 0 Å². The summed E-state index contributed by atoms with van der Waals surface area (Å²) in [5, 5.41) is 3.55. The quantitative estimate of drug-likeness (QED) is 0.866. The highest BCUT2D eigenvalue weighted by molar-refractivity contribution is 5.38. The van der Waals surface area contributed by atoms with E-state index in [0.29, 0.717) is 6.04 Å². The summed E-state index contributed by atoms with van der Waals surface area (Å²) >= 11 is 0. The number of aromatic nitrogens is 2. The molecule has 2 aromatic rings. The summed E-state index contributed by atoms with van der Waals surface area (Å²) in [6.45, 7) is 2.91. The molecule has 3 rings (SSSR count). The molecule has 1 N–H and O–H groups in total. The molecule has 0 amide bonds. The van der Waals surface area contributed by atoms with Crippen molar-refractivity contribution in [2.45, 2.75) is 6.04 Å². The van der Waals surface area contributed by atoms with Crippen molar-refractivity contribution in [1.82, 2.24) is 15.3 Å². The molecular formula is C14H16N4. The van der Waals surface area contributed by atoms with E-state index in [1.165, 1.54) is 5.56 Å². The van der Waals surface area contributed by atoms with Crippen LogP contribution in [0.4, 0.5) is 5.82 Å². The number of hydrogen-bond donors (Lipinski definition) is 1. The Bertz CT molecular complexity index is 440. The number of rotatable bonds is 2. The van der Waals surface area contributed by atoms with E-state index < -0.39 is 0 Å². The largest absolute Gasteiger partial charge is 0.353 e. The lowest BCUT2D eigenvalue weighted by atomic mass is 10.0. The number of hydrogen-bond acceptors (Lipinski definition) is 4. The molecule has 0 spiro atoms. The Morgan fingerprint density at radius 2 is 2.06 bits per heavy atom. The highest BCUT2D eigenvalue weighted by atomic mass is 15.2. The summed E-state index contributed by atoms with van der Waals surface area (Å²) in [6.07, 6.45) is 3.40. The molecule has 18 heavy (non-hydrogen) atoms. The van der Waals surface area contributed by atoms with Gasteiger partial charge in [-0.15, -0.1) is 0 Å². The van der Waals surface area contributed by atoms with Gasteiger partial charge in [0, 0.05) is 31.9 Å². The SMILES string of the molecule is c1ccc([C@@H]2CN(c3ccncn3)CCN2)cc1. The predicted molar refractivity (Wildman–Crippen MR) is 71.4 cm³/mol. The smallest absolute Gasteiger partial charge is 0.132 e. The summed E-state index contributed by atoms with van der Waals surface area (Å²) in [5.41, 5.74) is 1.33. The Kier molecular flexibility index (Phi) is 3.19. The number of benzene rings is 1. The van der Waals surface area contributed by atoms with Crippen LogP contribution in [0, 0.1) is 0 Å². The molecule has 0 bridgehead atoms. The highest BCUT2D eigenvalue weighted by Gasteiger charge is 2.21. The Labute approximate surface area is 107 Å². The topological polar surface area (TPSA) is 41.1 Å². The van der Waals surface area contributed by atoms with Gasteiger partial charge in [0.2, 0.25) is 0 Å². The standard InChI is InChI=1S/C14H16N4/c1-2-4-12(5-3-1)13-10-18(9-8-16-13)14-6-7-15-11-17-14/h1-7,11,13,16H,8-10H2/t13-/m0/s1. The summed E-state index contributed by atoms with van der Waals surface area (Å²) in [6, 6.07) is 12.9. The van der Waals surface area contributed by atoms with Crippen LogP contribution in [0.1, 0.15) is 11.6 Å². The van der Waals surface area contributed by atoms with E-state index in [4.69, 9.17) is 0 Å². The minimum atomic E-state index is 0.370. The number of piperazine rings is 1. The van der Waals surface area contributed by atoms with Crippen LogP contribution in [-0.4, -0.2) is 29.6 Å². The van der Waals surface area contributed by atoms with Gasteiger partial charge >= 0.3 is 0 Å². The molecule has 1 saturated heterocycles. The predicted octanol–water partition coefficient (Wildman–Crippen LogP) is 1.63. The Morgan fingerprint density at radius 3 is 2.83 bits per heavy atom. The highest BCUT2D eigenvalue weighted by Crippen LogP contribution is 2.20. The second kappa shape index (κ2) is 5.14. The average Bonchev–Trinajstić information content (AvgIpc) is 2.49. The maximum atomic E-state index is 4.32. The minimum absolute atomic E-state index is 0.370. The van der Waals surface area contributed by atoms with Crippen molar-refractivity contribution in [3.05, 3.63) is 54.5 Å². The Balaban J connectivity index is 1.77. The molecule has 0 saturated carbocycles. The van der Waals surface area contributed by atoms with E-state index in [-0.39, 0.29) is 0 Å². The summed E-state index contributed by atoms with van der Waals surface area (Å²) in [7, 11) is 0. The monoisotopic (exact) mass is 240 g/mol. The van der Waals surface area contributed by atoms with E-state index in [9.17, 15) is 0 Å². The van der Waals surface area contributed by atoms with Gasteiger partial charge in [-0.2, -0.15) is 0 Å². The molecule has 1 aromatic carbocycles. The molecule has 1 aliphatic rings. The molecule has 0 radical (unpaired) electrons. The molecule has 1 atom stereocenters. The van der Waals surface area contributed by atoms with Crippen LogP contribution in [0.2, 0.25) is 0 Å². The lowest BCUT2D eigenvalue weighted by Crippen LogP contribution is -2.46. The van der Waals surface area contributed by atoms with Crippen molar-refractivity contribution in [3.63, 3.8) is 0 Å². The number of nitrogens with one attached hydrogen (secondary N) is 1. The second-order valence-corrected chi connectivity index (χ2v) is 4.43. The molecular weight excluding hydrogens is 224 g/mol. The maximum absolute atomic E-state index is 4.32. The summed E-state index contributed by atoms with van der Waals surface area (Å²) in [4.78, 5) is 10.6. The van der Waals surface area contributed by atoms with Crippen LogP contribution < -0.4 is 10.2 Å². The van der Waals surface area contributed by atoms with Crippen LogP contribution in [0.3, 0.4) is 0 Å². The van der Waals surface area contributed by atoms with Gasteiger partial charge in [0.1, 0.15) is 12.1 Å². The third kappa shape index (κ3) is 2.33. The summed E-state index contributed by atoms with van der Waals surface area (Å²) in [5.74, 6) is 1.01. The first kappa shape index (κ1) is 11.2. The van der Waals surface area contributed by atoms with E-state index in [2.05, 4.69) is 50.5 Å². The van der Waals surface area contributed by atoms with Gasteiger partial charge in [0.05, 0.1) is 0 Å². The molecule has 0 unspecified atom stereocenters. The van der Waals surface area contributed by atoms with Crippen molar-refractivity contribution in [2.24, 2.45) is 0 Å². The van der Waals surface area contributed by atoms with Crippen molar-refractivity contribution >= 4 is 5.82 Å². The minimum Gasteiger partial charge on any atom is -0.353 e. The maximum Gasteiger partial charge on any atom is 0.132 e. The normalized spacial score (nSPS) is 19.8. The van der Waals surface area contributed by atoms with Gasteiger partial charge in [-0.05, 0) is 11.6 Å². The van der Waals surface area contributed by atoms with Gasteiger partial charge in [-0.1, -0.05) is 30.3 Å². The molecule has 4 heteroatoms. The summed E-state index contributed by atoms with van der Waals surface area (Å²) < 4.78 is 0. The van der Waals surface area contributed by atoms with Gasteiger partial charge in [-0.25, -0.2) is 9.97 Å². The Morgan fingerprint density at radius 1 is 1.17 bits per heavy atom. The third-order valence-electron chi connectivity index (χ3n) is 3.27. The fraction of sp³-hybridized carbons (Fsp3) is 0.286. The lowest BCUT2D eigenvalue weighted by Gasteiger charge is -2.34. The second-order valence-electron chi connectivity index (χ2n) is 4.43. The lowest BCUT2D eigenvalue weighted by molar-refractivity contribution is 0.469. The molecule has 1 fully saturated rings. The van der Waals surface area contributed by atoms with E-state index >= 15 is 0 Å². The van der Waals surface area contributed by atoms with Crippen LogP contribution in [0.5, 0.6) is 0 Å². The molecule has 0 aliphatic carbocycles. The van der Waals surface area contributed by atoms with E-state index in [1.807, 2.05) is 6.07 Å². The zero-order valence-corrected chi connectivity index (χ0v) is 10.2. The van der Waals surface area contributed by atoms with Crippen LogP contribution in [0.15, 0.2) is 48.9 Å². The van der Waals surface area contributed by atoms with Crippen molar-refractivity contribution in [2.75, 3.05) is 24.5 Å². The zero-order chi connectivity index (χ0) is 12.2. The van der Waals surface area contributed by atoms with Gasteiger partial charge in [-0.3, -0.25) is 0 Å². The third-order valence-corrected chi connectivity index (χ3v) is 3.27. The number of nitrogens with zero attached hydrogens (tertiary/aromatic N) is 3. The van der Waals surface area contributed by atoms with Crippen molar-refractivity contribution in [1.29, 1.82) is 0 Å². The molecule has 2 heterocycles. The molecule has 92 valence electrons. The van der Waals surface area contributed by atoms with Crippen molar-refractivity contribution in [3.8, 4) is 0 Å². The van der Waals surface area contributed by atoms with Gasteiger partial charge in [0.25, 0.3) is 0 Å². The fourth-order valence-electron chi connectivity index (χ4n) is 2.34. The molecule has 1 aliphatic heterocycles. The first-order valence-electron chi connectivity index (χ1n) is 6.23. The van der Waals surface area contributed by atoms with Gasteiger partial charge in [0.15, 0.2) is 0 Å². The first-order valence-corrected chi connectivity index (χ1v) is 6.23. The van der Waals surface area contributed by atoms with Crippen LogP contribution in [-0.2, 0) is 0 Å².